The molecule has 2 aromatic rings. The number of benzene rings is 2. The molecular weight excluding hydrogens is 274 g/mol. The first kappa shape index (κ1) is 13.6. The number of ether oxygens (including phenoxy) is 2. The number of aryl methyl sites for hydroxylation is 1. The third-order valence-corrected chi connectivity index (χ3v) is 4.61. The molecule has 1 heterocycles. The lowest BCUT2D eigenvalue weighted by Gasteiger charge is -2.19. The summed E-state index contributed by atoms with van der Waals surface area (Å²) in [6, 6.07) is 15.5. The average Bonchev–Trinajstić information content (AvgIpc) is 2.92. The molecule has 1 unspecified atom stereocenters. The molecule has 2 aliphatic rings. The molecule has 0 saturated heterocycles. The molecule has 1 aliphatic heterocycles. The maximum atomic E-state index is 5.46. The number of hydrogen-bond donors (Lipinski definition) is 1. The molecule has 1 N–H and O–H groups in total. The van der Waals surface area contributed by atoms with Gasteiger partial charge in [0.15, 0.2) is 11.5 Å². The van der Waals surface area contributed by atoms with Crippen molar-refractivity contribution in [3.63, 3.8) is 0 Å². The van der Waals surface area contributed by atoms with E-state index in [1.807, 2.05) is 6.07 Å². The Hall–Kier alpha value is -2.00. The van der Waals surface area contributed by atoms with Gasteiger partial charge in [-0.05, 0) is 48.1 Å². The van der Waals surface area contributed by atoms with Crippen molar-refractivity contribution in [2.75, 3.05) is 6.79 Å². The van der Waals surface area contributed by atoms with Gasteiger partial charge in [0.05, 0.1) is 0 Å². The van der Waals surface area contributed by atoms with E-state index in [1.165, 1.54) is 42.4 Å². The summed E-state index contributed by atoms with van der Waals surface area (Å²) in [7, 11) is 0. The van der Waals surface area contributed by atoms with Crippen LogP contribution >= 0.6 is 0 Å². The number of rotatable bonds is 3. The Bertz CT molecular complexity index is 668. The minimum Gasteiger partial charge on any atom is -0.454 e. The van der Waals surface area contributed by atoms with Crippen LogP contribution in [-0.2, 0) is 13.0 Å². The van der Waals surface area contributed by atoms with Gasteiger partial charge in [-0.1, -0.05) is 36.8 Å². The van der Waals surface area contributed by atoms with Crippen LogP contribution in [-0.4, -0.2) is 6.79 Å². The van der Waals surface area contributed by atoms with Crippen molar-refractivity contribution in [2.45, 2.75) is 38.3 Å². The average molecular weight is 295 g/mol. The molecule has 0 aromatic heterocycles. The predicted molar refractivity (Wildman–Crippen MR) is 86.1 cm³/mol. The lowest BCUT2D eigenvalue weighted by atomic mass is 9.99. The summed E-state index contributed by atoms with van der Waals surface area (Å²) in [5.74, 6) is 1.71. The van der Waals surface area contributed by atoms with Gasteiger partial charge in [-0.15, -0.1) is 0 Å². The van der Waals surface area contributed by atoms with E-state index in [1.54, 1.807) is 0 Å². The standard InChI is InChI=1S/C19H21NO2/c1-3-7-16-15(5-1)6-2-4-8-17(16)20-12-14-9-10-18-19(11-14)22-13-21-18/h1,3,5,7,9-11,17,20H,2,4,6,8,12-13H2. The van der Waals surface area contributed by atoms with Crippen molar-refractivity contribution in [3.8, 4) is 11.5 Å². The molecule has 2 aromatic carbocycles. The third kappa shape index (κ3) is 2.69. The molecule has 3 heteroatoms. The third-order valence-electron chi connectivity index (χ3n) is 4.61. The Balaban J connectivity index is 1.49. The fourth-order valence-corrected chi connectivity index (χ4v) is 3.43. The lowest BCUT2D eigenvalue weighted by Crippen LogP contribution is -2.21. The molecule has 3 nitrogen and oxygen atoms in total. The van der Waals surface area contributed by atoms with E-state index in [-0.39, 0.29) is 0 Å². The smallest absolute Gasteiger partial charge is 0.231 e. The van der Waals surface area contributed by atoms with E-state index < -0.39 is 0 Å². The van der Waals surface area contributed by atoms with Crippen LogP contribution in [0.2, 0.25) is 0 Å². The molecule has 0 fully saturated rings. The van der Waals surface area contributed by atoms with Crippen LogP contribution in [0.15, 0.2) is 42.5 Å². The Morgan fingerprint density at radius 3 is 2.91 bits per heavy atom. The maximum absolute atomic E-state index is 5.46. The molecule has 114 valence electrons. The van der Waals surface area contributed by atoms with E-state index in [9.17, 15) is 0 Å². The summed E-state index contributed by atoms with van der Waals surface area (Å²) in [4.78, 5) is 0. The number of fused-ring (bicyclic) bond motifs is 2. The van der Waals surface area contributed by atoms with Gasteiger partial charge in [0.25, 0.3) is 0 Å². The molecular formula is C19H21NO2. The topological polar surface area (TPSA) is 30.5 Å². The van der Waals surface area contributed by atoms with E-state index >= 15 is 0 Å². The van der Waals surface area contributed by atoms with Crippen molar-refractivity contribution < 1.29 is 9.47 Å². The summed E-state index contributed by atoms with van der Waals surface area (Å²) in [5, 5.41) is 3.73. The van der Waals surface area contributed by atoms with Crippen LogP contribution in [0.1, 0.15) is 42.0 Å². The van der Waals surface area contributed by atoms with Crippen molar-refractivity contribution in [1.29, 1.82) is 0 Å². The van der Waals surface area contributed by atoms with Gasteiger partial charge in [0.2, 0.25) is 6.79 Å². The lowest BCUT2D eigenvalue weighted by molar-refractivity contribution is 0.174. The van der Waals surface area contributed by atoms with E-state index in [0.717, 1.165) is 18.0 Å². The highest BCUT2D eigenvalue weighted by Crippen LogP contribution is 2.33. The van der Waals surface area contributed by atoms with Crippen molar-refractivity contribution in [3.05, 3.63) is 59.2 Å². The molecule has 1 atom stereocenters. The van der Waals surface area contributed by atoms with Gasteiger partial charge in [-0.2, -0.15) is 0 Å². The summed E-state index contributed by atoms with van der Waals surface area (Å²) in [5.41, 5.74) is 4.22. The molecule has 0 spiro atoms. The first-order valence-corrected chi connectivity index (χ1v) is 8.10. The van der Waals surface area contributed by atoms with Crippen LogP contribution in [0, 0.1) is 0 Å². The van der Waals surface area contributed by atoms with Crippen molar-refractivity contribution >= 4 is 0 Å². The van der Waals surface area contributed by atoms with Crippen molar-refractivity contribution in [2.24, 2.45) is 0 Å². The Morgan fingerprint density at radius 2 is 1.91 bits per heavy atom. The fourth-order valence-electron chi connectivity index (χ4n) is 3.43. The Morgan fingerprint density at radius 1 is 1.00 bits per heavy atom. The van der Waals surface area contributed by atoms with E-state index in [0.29, 0.717) is 12.8 Å². The van der Waals surface area contributed by atoms with E-state index in [4.69, 9.17) is 9.47 Å². The monoisotopic (exact) mass is 295 g/mol. The number of nitrogens with one attached hydrogen (secondary N) is 1. The maximum Gasteiger partial charge on any atom is 0.231 e. The molecule has 4 rings (SSSR count). The van der Waals surface area contributed by atoms with Gasteiger partial charge in [0, 0.05) is 12.6 Å². The van der Waals surface area contributed by atoms with Gasteiger partial charge in [-0.3, -0.25) is 0 Å². The zero-order chi connectivity index (χ0) is 14.8. The zero-order valence-corrected chi connectivity index (χ0v) is 12.7. The zero-order valence-electron chi connectivity index (χ0n) is 12.7. The van der Waals surface area contributed by atoms with Gasteiger partial charge >= 0.3 is 0 Å². The highest BCUT2D eigenvalue weighted by Gasteiger charge is 2.18. The van der Waals surface area contributed by atoms with Gasteiger partial charge in [-0.25, -0.2) is 0 Å². The second kappa shape index (κ2) is 6.01. The summed E-state index contributed by atoms with van der Waals surface area (Å²) >= 11 is 0. The molecule has 0 amide bonds. The summed E-state index contributed by atoms with van der Waals surface area (Å²) in [6.07, 6.45) is 4.99. The first-order chi connectivity index (χ1) is 10.9. The molecule has 0 saturated carbocycles. The van der Waals surface area contributed by atoms with Crippen LogP contribution in [0.4, 0.5) is 0 Å². The van der Waals surface area contributed by atoms with Crippen LogP contribution < -0.4 is 14.8 Å². The minimum absolute atomic E-state index is 0.336. The van der Waals surface area contributed by atoms with Crippen LogP contribution in [0.5, 0.6) is 11.5 Å². The first-order valence-electron chi connectivity index (χ1n) is 8.10. The SMILES string of the molecule is c1ccc2c(c1)CCCCC2NCc1ccc2c(c1)OCO2. The van der Waals surface area contributed by atoms with E-state index in [2.05, 4.69) is 41.7 Å². The minimum atomic E-state index is 0.336. The van der Waals surface area contributed by atoms with Gasteiger partial charge in [0.1, 0.15) is 0 Å². The highest BCUT2D eigenvalue weighted by molar-refractivity contribution is 5.44. The fraction of sp³-hybridized carbons (Fsp3) is 0.368. The molecule has 0 radical (unpaired) electrons. The predicted octanol–water partition coefficient (Wildman–Crippen LogP) is 3.97. The summed E-state index contributed by atoms with van der Waals surface area (Å²) < 4.78 is 10.8. The highest BCUT2D eigenvalue weighted by atomic mass is 16.7. The largest absolute Gasteiger partial charge is 0.454 e. The quantitative estimate of drug-likeness (QED) is 0.869. The van der Waals surface area contributed by atoms with Crippen LogP contribution in [0.25, 0.3) is 0 Å². The van der Waals surface area contributed by atoms with Crippen LogP contribution in [0.3, 0.4) is 0 Å². The summed E-state index contributed by atoms with van der Waals surface area (Å²) in [6.45, 7) is 1.19. The molecule has 0 bridgehead atoms. The second-order valence-corrected chi connectivity index (χ2v) is 6.07. The molecule has 22 heavy (non-hydrogen) atoms. The normalized spacial score (nSPS) is 19.5. The second-order valence-electron chi connectivity index (χ2n) is 6.07. The van der Waals surface area contributed by atoms with Gasteiger partial charge < -0.3 is 14.8 Å². The Labute approximate surface area is 131 Å². The Kier molecular flexibility index (Phi) is 3.73. The number of hydrogen-bond acceptors (Lipinski definition) is 3. The molecule has 1 aliphatic carbocycles. The van der Waals surface area contributed by atoms with Crippen molar-refractivity contribution in [1.82, 2.24) is 5.32 Å².